The highest BCUT2D eigenvalue weighted by Gasteiger charge is 2.58. The average Bonchev–Trinajstić information content (AvgIpc) is 2.91. The molecule has 136 valence electrons. The van der Waals surface area contributed by atoms with Gasteiger partial charge in [0.25, 0.3) is 0 Å². The Morgan fingerprint density at radius 2 is 1.75 bits per heavy atom. The lowest BCUT2D eigenvalue weighted by Gasteiger charge is -2.57. The van der Waals surface area contributed by atoms with Crippen LogP contribution in [0.25, 0.3) is 0 Å². The van der Waals surface area contributed by atoms with E-state index < -0.39 is 0 Å². The minimum Gasteiger partial charge on any atom is -0.390 e. The molecule has 0 bridgehead atoms. The molecule has 0 heterocycles. The molecule has 0 spiro atoms. The summed E-state index contributed by atoms with van der Waals surface area (Å²) < 4.78 is 0. The lowest BCUT2D eigenvalue weighted by molar-refractivity contribution is -0.131. The number of Topliss-reactive ketones (excluding diaryl/α,β-unsaturated/α-hetero) is 1. The molecule has 1 N–H and O–H groups in total. The lowest BCUT2D eigenvalue weighted by atomic mass is 9.48. The smallest absolute Gasteiger partial charge is 0.133 e. The van der Waals surface area contributed by atoms with Crippen LogP contribution in [-0.4, -0.2) is 16.5 Å². The van der Waals surface area contributed by atoms with Crippen molar-refractivity contribution in [1.29, 1.82) is 0 Å². The van der Waals surface area contributed by atoms with Gasteiger partial charge in [0, 0.05) is 5.92 Å². The lowest BCUT2D eigenvalue weighted by Crippen LogP contribution is -2.51. The van der Waals surface area contributed by atoms with Crippen LogP contribution in [0.4, 0.5) is 0 Å². The summed E-state index contributed by atoms with van der Waals surface area (Å²) in [6, 6.07) is 0. The van der Waals surface area contributed by atoms with Gasteiger partial charge in [0.15, 0.2) is 0 Å². The second kappa shape index (κ2) is 5.83. The van der Waals surface area contributed by atoms with Crippen LogP contribution in [0.2, 0.25) is 0 Å². The molecule has 4 rings (SSSR count). The van der Waals surface area contributed by atoms with Gasteiger partial charge in [-0.05, 0) is 106 Å². The number of carbonyl (C=O) groups excluding carboxylic acids is 1. The molecule has 0 unspecified atom stereocenters. The summed E-state index contributed by atoms with van der Waals surface area (Å²) in [5.74, 6) is 4.93. The van der Waals surface area contributed by atoms with E-state index in [0.717, 1.165) is 55.3 Å². The van der Waals surface area contributed by atoms with Crippen LogP contribution in [0.5, 0.6) is 0 Å². The van der Waals surface area contributed by atoms with Crippen molar-refractivity contribution in [2.45, 2.75) is 90.6 Å². The van der Waals surface area contributed by atoms with Gasteiger partial charge in [-0.15, -0.1) is 0 Å². The first-order chi connectivity index (χ1) is 11.4. The largest absolute Gasteiger partial charge is 0.390 e. The molecule has 24 heavy (non-hydrogen) atoms. The van der Waals surface area contributed by atoms with E-state index in [1.165, 1.54) is 38.5 Å². The summed E-state index contributed by atoms with van der Waals surface area (Å²) >= 11 is 0. The Morgan fingerprint density at radius 3 is 2.46 bits per heavy atom. The van der Waals surface area contributed by atoms with E-state index in [4.69, 9.17) is 0 Å². The summed E-state index contributed by atoms with van der Waals surface area (Å²) in [6.45, 7) is 6.42. The summed E-state index contributed by atoms with van der Waals surface area (Å²) in [5.41, 5.74) is -0.0804. The third-order valence-electron chi connectivity index (χ3n) is 9.25. The Bertz CT molecular complexity index is 514. The Hall–Kier alpha value is -0.370. The number of hydrogen-bond acceptors (Lipinski definition) is 2. The minimum atomic E-state index is -0.371. The molecular weight excluding hydrogens is 296 g/mol. The molecule has 4 aliphatic carbocycles. The zero-order valence-electron chi connectivity index (χ0n) is 15.9. The van der Waals surface area contributed by atoms with Gasteiger partial charge in [-0.1, -0.05) is 13.8 Å². The minimum absolute atomic E-state index is 0.290. The van der Waals surface area contributed by atoms with Crippen LogP contribution in [0.1, 0.15) is 85.0 Å². The van der Waals surface area contributed by atoms with E-state index >= 15 is 0 Å². The van der Waals surface area contributed by atoms with Gasteiger partial charge in [0.2, 0.25) is 0 Å². The monoisotopic (exact) mass is 332 g/mol. The third kappa shape index (κ3) is 2.42. The molecule has 0 radical (unpaired) electrons. The number of hydrogen-bond donors (Lipinski definition) is 1. The normalized spacial score (nSPS) is 53.8. The molecule has 2 heteroatoms. The van der Waals surface area contributed by atoms with E-state index in [1.54, 1.807) is 0 Å². The highest BCUT2D eigenvalue weighted by atomic mass is 16.3. The highest BCUT2D eigenvalue weighted by molar-refractivity contribution is 5.79. The van der Waals surface area contributed by atoms with Crippen molar-refractivity contribution in [3.8, 4) is 0 Å². The zero-order chi connectivity index (χ0) is 17.1. The van der Waals surface area contributed by atoms with Gasteiger partial charge in [-0.3, -0.25) is 4.79 Å². The van der Waals surface area contributed by atoms with Crippen molar-refractivity contribution < 1.29 is 9.90 Å². The van der Waals surface area contributed by atoms with Crippen LogP contribution in [-0.2, 0) is 4.79 Å². The molecule has 0 aromatic heterocycles. The second-order valence-electron chi connectivity index (χ2n) is 10.0. The summed E-state index contributed by atoms with van der Waals surface area (Å²) in [7, 11) is 0. The van der Waals surface area contributed by atoms with Crippen LogP contribution < -0.4 is 0 Å². The molecule has 4 aliphatic rings. The summed E-state index contributed by atoms with van der Waals surface area (Å²) in [6.07, 6.45) is 12.0. The number of aliphatic hydroxyl groups is 1. The Balaban J connectivity index is 1.54. The molecule has 0 aliphatic heterocycles. The van der Waals surface area contributed by atoms with Gasteiger partial charge in [0.1, 0.15) is 5.78 Å². The highest BCUT2D eigenvalue weighted by Crippen LogP contribution is 2.64. The second-order valence-corrected chi connectivity index (χ2v) is 10.0. The quantitative estimate of drug-likeness (QED) is 0.774. The Kier molecular flexibility index (Phi) is 4.14. The molecule has 0 aromatic carbocycles. The van der Waals surface area contributed by atoms with E-state index in [1.807, 2.05) is 6.92 Å². The van der Waals surface area contributed by atoms with Crippen molar-refractivity contribution >= 4 is 5.78 Å². The maximum atomic E-state index is 12.2. The predicted octanol–water partition coefficient (Wildman–Crippen LogP) is 4.99. The maximum Gasteiger partial charge on any atom is 0.133 e. The number of fused-ring (bicyclic) bond motifs is 5. The van der Waals surface area contributed by atoms with Gasteiger partial charge >= 0.3 is 0 Å². The SMILES string of the molecule is CC[C@@]1(O)CC[C@H]2[C@@H](CC[C@@H]3[C@@H]2CC[C@]2(C)[C@@H](C(C)=O)CC[C@@H]32)C1. The third-order valence-corrected chi connectivity index (χ3v) is 9.25. The molecular formula is C22H36O2. The molecule has 4 fully saturated rings. The van der Waals surface area contributed by atoms with Crippen molar-refractivity contribution in [2.24, 2.45) is 40.9 Å². The van der Waals surface area contributed by atoms with Crippen molar-refractivity contribution in [3.05, 3.63) is 0 Å². The fraction of sp³-hybridized carbons (Fsp3) is 0.955. The molecule has 0 saturated heterocycles. The first kappa shape index (κ1) is 17.1. The first-order valence-corrected chi connectivity index (χ1v) is 10.6. The topological polar surface area (TPSA) is 37.3 Å². The van der Waals surface area contributed by atoms with E-state index in [2.05, 4.69) is 13.8 Å². The maximum absolute atomic E-state index is 12.2. The van der Waals surface area contributed by atoms with Crippen LogP contribution in [0.15, 0.2) is 0 Å². The molecule has 8 atom stereocenters. The molecule has 0 aromatic rings. The van der Waals surface area contributed by atoms with Crippen LogP contribution in [0.3, 0.4) is 0 Å². The predicted molar refractivity (Wildman–Crippen MR) is 96.5 cm³/mol. The Labute approximate surface area is 147 Å². The van der Waals surface area contributed by atoms with Crippen LogP contribution >= 0.6 is 0 Å². The van der Waals surface area contributed by atoms with Gasteiger partial charge in [-0.2, -0.15) is 0 Å². The standard InChI is InChI=1S/C22H36O2/c1-4-22(24)12-10-16-15(13-22)5-6-18-17(16)9-11-21(3)19(14(2)23)7-8-20(18)21/h15-20,24H,4-13H2,1-3H3/t15-,16-,17+,18+,19+,20-,21+,22+/m0/s1. The number of rotatable bonds is 2. The zero-order valence-corrected chi connectivity index (χ0v) is 15.9. The van der Waals surface area contributed by atoms with E-state index in [-0.39, 0.29) is 5.60 Å². The van der Waals surface area contributed by atoms with E-state index in [0.29, 0.717) is 17.1 Å². The van der Waals surface area contributed by atoms with Crippen LogP contribution in [0, 0.1) is 40.9 Å². The van der Waals surface area contributed by atoms with Gasteiger partial charge in [-0.25, -0.2) is 0 Å². The Morgan fingerprint density at radius 1 is 1.00 bits per heavy atom. The summed E-state index contributed by atoms with van der Waals surface area (Å²) in [4.78, 5) is 12.2. The van der Waals surface area contributed by atoms with Crippen molar-refractivity contribution in [2.75, 3.05) is 0 Å². The molecule has 2 nitrogen and oxygen atoms in total. The van der Waals surface area contributed by atoms with Gasteiger partial charge < -0.3 is 5.11 Å². The fourth-order valence-electron chi connectivity index (χ4n) is 7.95. The number of ketones is 1. The molecule has 4 saturated carbocycles. The fourth-order valence-corrected chi connectivity index (χ4v) is 7.95. The van der Waals surface area contributed by atoms with Crippen molar-refractivity contribution in [1.82, 2.24) is 0 Å². The number of carbonyl (C=O) groups is 1. The van der Waals surface area contributed by atoms with Gasteiger partial charge in [0.05, 0.1) is 5.60 Å². The molecule has 0 amide bonds. The van der Waals surface area contributed by atoms with Crippen molar-refractivity contribution in [3.63, 3.8) is 0 Å². The average molecular weight is 333 g/mol. The summed E-state index contributed by atoms with van der Waals surface area (Å²) in [5, 5.41) is 10.8. The van der Waals surface area contributed by atoms with E-state index in [9.17, 15) is 9.90 Å². The first-order valence-electron chi connectivity index (χ1n) is 10.6.